The number of ether oxygens (including phenoxy) is 2. The molecule has 0 bridgehead atoms. The van der Waals surface area contributed by atoms with Crippen molar-refractivity contribution >= 4 is 0 Å². The highest BCUT2D eigenvalue weighted by molar-refractivity contribution is 5.30. The summed E-state index contributed by atoms with van der Waals surface area (Å²) in [4.78, 5) is 0. The highest BCUT2D eigenvalue weighted by Gasteiger charge is 2.31. The van der Waals surface area contributed by atoms with E-state index in [0.717, 1.165) is 17.7 Å². The van der Waals surface area contributed by atoms with Crippen LogP contribution in [0, 0.1) is 5.82 Å². The van der Waals surface area contributed by atoms with E-state index in [1.54, 1.807) is 25.3 Å². The van der Waals surface area contributed by atoms with Crippen LogP contribution in [0.15, 0.2) is 42.5 Å². The minimum Gasteiger partial charge on any atom is -0.489 e. The molecule has 0 aromatic heterocycles. The Hall–Kier alpha value is -2.08. The zero-order valence-electron chi connectivity index (χ0n) is 11.8. The predicted molar refractivity (Wildman–Crippen MR) is 72.9 cm³/mol. The van der Waals surface area contributed by atoms with Gasteiger partial charge in [-0.3, -0.25) is 0 Å². The zero-order valence-corrected chi connectivity index (χ0v) is 11.8. The number of alkyl halides is 3. The van der Waals surface area contributed by atoms with Gasteiger partial charge in [0.05, 0.1) is 12.2 Å². The lowest BCUT2D eigenvalue weighted by Gasteiger charge is -2.11. The molecule has 0 spiro atoms. The third-order valence-corrected chi connectivity index (χ3v) is 2.90. The van der Waals surface area contributed by atoms with Gasteiger partial charge in [-0.15, -0.1) is 0 Å². The Morgan fingerprint density at radius 3 is 2.41 bits per heavy atom. The van der Waals surface area contributed by atoms with E-state index >= 15 is 0 Å². The van der Waals surface area contributed by atoms with Gasteiger partial charge in [0.25, 0.3) is 0 Å². The molecule has 2 nitrogen and oxygen atoms in total. The maximum atomic E-state index is 13.3. The molecule has 0 aliphatic heterocycles. The lowest BCUT2D eigenvalue weighted by molar-refractivity contribution is -0.137. The van der Waals surface area contributed by atoms with Crippen LogP contribution < -0.4 is 4.74 Å². The van der Waals surface area contributed by atoms with Crippen LogP contribution in [0.2, 0.25) is 0 Å². The highest BCUT2D eigenvalue weighted by atomic mass is 19.4. The molecule has 0 saturated heterocycles. The van der Waals surface area contributed by atoms with Crippen molar-refractivity contribution in [3.8, 4) is 5.75 Å². The quantitative estimate of drug-likeness (QED) is 0.753. The minimum atomic E-state index is -4.59. The first kappa shape index (κ1) is 16.3. The Kier molecular flexibility index (Phi) is 5.03. The maximum Gasteiger partial charge on any atom is 0.416 e. The monoisotopic (exact) mass is 314 g/mol. The molecule has 2 aromatic rings. The Morgan fingerprint density at radius 1 is 0.955 bits per heavy atom. The van der Waals surface area contributed by atoms with E-state index < -0.39 is 17.6 Å². The summed E-state index contributed by atoms with van der Waals surface area (Å²) in [7, 11) is 1.55. The van der Waals surface area contributed by atoms with E-state index in [2.05, 4.69) is 0 Å². The van der Waals surface area contributed by atoms with Crippen molar-refractivity contribution in [3.05, 3.63) is 65.0 Å². The molecule has 0 unspecified atom stereocenters. The Morgan fingerprint density at radius 2 is 1.73 bits per heavy atom. The standard InChI is InChI=1S/C16H14F4O2/c1-21-9-11-3-2-4-15(7-11)22-10-12-5-13(16(18,19)20)8-14(17)6-12/h2-8H,9-10H2,1H3. The smallest absolute Gasteiger partial charge is 0.416 e. The van der Waals surface area contributed by atoms with E-state index in [4.69, 9.17) is 9.47 Å². The van der Waals surface area contributed by atoms with Crippen molar-refractivity contribution < 1.29 is 27.0 Å². The lowest BCUT2D eigenvalue weighted by Crippen LogP contribution is -2.07. The second-order valence-corrected chi connectivity index (χ2v) is 4.72. The van der Waals surface area contributed by atoms with Crippen molar-refractivity contribution in [3.63, 3.8) is 0 Å². The number of methoxy groups -OCH3 is 1. The van der Waals surface area contributed by atoms with Crippen molar-refractivity contribution in [2.75, 3.05) is 7.11 Å². The minimum absolute atomic E-state index is 0.115. The molecular formula is C16H14F4O2. The maximum absolute atomic E-state index is 13.3. The van der Waals surface area contributed by atoms with Gasteiger partial charge in [-0.25, -0.2) is 4.39 Å². The van der Waals surface area contributed by atoms with Crippen molar-refractivity contribution in [1.82, 2.24) is 0 Å². The second-order valence-electron chi connectivity index (χ2n) is 4.72. The van der Waals surface area contributed by atoms with Gasteiger partial charge in [-0.2, -0.15) is 13.2 Å². The first-order valence-corrected chi connectivity index (χ1v) is 6.46. The van der Waals surface area contributed by atoms with Crippen LogP contribution in [-0.2, 0) is 24.1 Å². The molecule has 0 amide bonds. The summed E-state index contributed by atoms with van der Waals surface area (Å²) in [6.45, 7) is 0.243. The molecule has 6 heteroatoms. The van der Waals surface area contributed by atoms with Gasteiger partial charge >= 0.3 is 6.18 Å². The van der Waals surface area contributed by atoms with Crippen LogP contribution in [0.3, 0.4) is 0 Å². The molecule has 0 saturated carbocycles. The number of hydrogen-bond acceptors (Lipinski definition) is 2. The second kappa shape index (κ2) is 6.79. The average Bonchev–Trinajstić information content (AvgIpc) is 2.44. The van der Waals surface area contributed by atoms with Crippen LogP contribution in [0.5, 0.6) is 5.75 Å². The van der Waals surface area contributed by atoms with Crippen LogP contribution in [0.25, 0.3) is 0 Å². The molecule has 0 N–H and O–H groups in total. The van der Waals surface area contributed by atoms with E-state index in [1.807, 2.05) is 6.07 Å². The normalized spacial score (nSPS) is 11.5. The summed E-state index contributed by atoms with van der Waals surface area (Å²) in [5.74, 6) is -0.464. The van der Waals surface area contributed by atoms with Crippen LogP contribution in [0.4, 0.5) is 17.6 Å². The third-order valence-electron chi connectivity index (χ3n) is 2.90. The number of halogens is 4. The molecule has 0 atom stereocenters. The third kappa shape index (κ3) is 4.46. The number of rotatable bonds is 5. The van der Waals surface area contributed by atoms with E-state index in [-0.39, 0.29) is 12.2 Å². The summed E-state index contributed by atoms with van der Waals surface area (Å²) in [5, 5.41) is 0. The Labute approximate surface area is 125 Å². The average molecular weight is 314 g/mol. The first-order chi connectivity index (χ1) is 10.4. The van der Waals surface area contributed by atoms with Gasteiger partial charge in [-0.1, -0.05) is 12.1 Å². The topological polar surface area (TPSA) is 18.5 Å². The van der Waals surface area contributed by atoms with Gasteiger partial charge in [0.15, 0.2) is 0 Å². The molecular weight excluding hydrogens is 300 g/mol. The first-order valence-electron chi connectivity index (χ1n) is 6.46. The van der Waals surface area contributed by atoms with E-state index in [9.17, 15) is 17.6 Å². The fourth-order valence-corrected chi connectivity index (χ4v) is 1.96. The summed E-state index contributed by atoms with van der Waals surface area (Å²) < 4.78 is 61.6. The Balaban J connectivity index is 2.11. The van der Waals surface area contributed by atoms with Gasteiger partial charge in [-0.05, 0) is 41.5 Å². The molecule has 0 fully saturated rings. The van der Waals surface area contributed by atoms with Crippen molar-refractivity contribution in [2.45, 2.75) is 19.4 Å². The van der Waals surface area contributed by atoms with Crippen molar-refractivity contribution in [1.29, 1.82) is 0 Å². The Bertz CT molecular complexity index is 638. The van der Waals surface area contributed by atoms with Gasteiger partial charge < -0.3 is 9.47 Å². The van der Waals surface area contributed by atoms with Gasteiger partial charge in [0, 0.05) is 7.11 Å². The number of benzene rings is 2. The fraction of sp³-hybridized carbons (Fsp3) is 0.250. The molecule has 2 rings (SSSR count). The van der Waals surface area contributed by atoms with Crippen LogP contribution in [-0.4, -0.2) is 7.11 Å². The highest BCUT2D eigenvalue weighted by Crippen LogP contribution is 2.30. The predicted octanol–water partition coefficient (Wildman–Crippen LogP) is 4.57. The molecule has 0 radical (unpaired) electrons. The number of hydrogen-bond donors (Lipinski definition) is 0. The van der Waals surface area contributed by atoms with Gasteiger partial charge in [0.1, 0.15) is 18.2 Å². The fourth-order valence-electron chi connectivity index (χ4n) is 1.96. The van der Waals surface area contributed by atoms with Crippen molar-refractivity contribution in [2.24, 2.45) is 0 Å². The van der Waals surface area contributed by atoms with Gasteiger partial charge in [0.2, 0.25) is 0 Å². The summed E-state index contributed by atoms with van der Waals surface area (Å²) in [6, 6.07) is 9.33. The largest absolute Gasteiger partial charge is 0.489 e. The molecule has 0 heterocycles. The summed E-state index contributed by atoms with van der Waals surface area (Å²) >= 11 is 0. The summed E-state index contributed by atoms with van der Waals surface area (Å²) in [6.07, 6.45) is -4.59. The summed E-state index contributed by atoms with van der Waals surface area (Å²) in [5.41, 5.74) is -0.0427. The molecule has 0 aliphatic carbocycles. The van der Waals surface area contributed by atoms with Crippen LogP contribution >= 0.6 is 0 Å². The molecule has 118 valence electrons. The SMILES string of the molecule is COCc1cccc(OCc2cc(F)cc(C(F)(F)F)c2)c1. The molecule has 2 aromatic carbocycles. The lowest BCUT2D eigenvalue weighted by atomic mass is 10.1. The zero-order chi connectivity index (χ0) is 16.2. The molecule has 0 aliphatic rings. The van der Waals surface area contributed by atoms with E-state index in [1.165, 1.54) is 0 Å². The van der Waals surface area contributed by atoms with Crippen LogP contribution in [0.1, 0.15) is 16.7 Å². The molecule has 22 heavy (non-hydrogen) atoms. The van der Waals surface area contributed by atoms with E-state index in [0.29, 0.717) is 18.4 Å².